The second-order valence-corrected chi connectivity index (χ2v) is 7.43. The summed E-state index contributed by atoms with van der Waals surface area (Å²) in [5.41, 5.74) is 1.93. The topological polar surface area (TPSA) is 63.7 Å². The number of Topliss-reactive ketones (excluding diaryl/α,β-unsaturated/α-hetero) is 1. The van der Waals surface area contributed by atoms with Crippen LogP contribution in [-0.2, 0) is 9.59 Å². The maximum absolute atomic E-state index is 13.5. The number of amides is 1. The Balaban J connectivity index is 1.95. The number of allylic oxidation sites excluding steroid dienone is 2. The number of likely N-dealkylation sites (N-methyl/N-ethyl adjacent to an activating group) is 1. The lowest BCUT2D eigenvalue weighted by Gasteiger charge is -2.34. The summed E-state index contributed by atoms with van der Waals surface area (Å²) < 4.78 is 5.17. The number of ketones is 2. The number of ether oxygens (including phenoxy) is 1. The van der Waals surface area contributed by atoms with Crippen molar-refractivity contribution >= 4 is 23.0 Å². The number of methoxy groups -OCH3 is 1. The number of carbonyl (C=O) groups is 3. The molecule has 5 nitrogen and oxygen atoms in total. The summed E-state index contributed by atoms with van der Waals surface area (Å²) in [6, 6.07) is 14.4. The summed E-state index contributed by atoms with van der Waals surface area (Å²) in [7, 11) is 3.20. The van der Waals surface area contributed by atoms with Gasteiger partial charge in [0.1, 0.15) is 11.3 Å². The lowest BCUT2D eigenvalue weighted by molar-refractivity contribution is -0.126. The molecule has 0 fully saturated rings. The highest BCUT2D eigenvalue weighted by atomic mass is 16.5. The van der Waals surface area contributed by atoms with E-state index in [1.807, 2.05) is 31.2 Å². The molecule has 0 saturated heterocycles. The molecule has 2 aromatic rings. The van der Waals surface area contributed by atoms with Crippen molar-refractivity contribution in [3.63, 3.8) is 0 Å². The summed E-state index contributed by atoms with van der Waals surface area (Å²) in [4.78, 5) is 40.1. The molecule has 1 amide bonds. The molecule has 0 bridgehead atoms. The lowest BCUT2D eigenvalue weighted by Crippen LogP contribution is -2.43. The number of hydrogen-bond donors (Lipinski definition) is 0. The Morgan fingerprint density at radius 1 is 0.933 bits per heavy atom. The Labute approximate surface area is 175 Å². The fraction of sp³-hybridized carbons (Fsp3) is 0.160. The average Bonchev–Trinajstić information content (AvgIpc) is 2.98. The van der Waals surface area contributed by atoms with Crippen LogP contribution in [0, 0.1) is 6.92 Å². The fourth-order valence-corrected chi connectivity index (χ4v) is 3.92. The number of hydrogen-bond acceptors (Lipinski definition) is 4. The molecule has 0 radical (unpaired) electrons. The first kappa shape index (κ1) is 19.6. The molecule has 1 aliphatic carbocycles. The Kier molecular flexibility index (Phi) is 4.74. The molecule has 2 aromatic carbocycles. The van der Waals surface area contributed by atoms with Crippen LogP contribution in [0.1, 0.15) is 21.5 Å². The van der Waals surface area contributed by atoms with Gasteiger partial charge in [-0.15, -0.1) is 0 Å². The molecule has 1 aliphatic heterocycles. The molecule has 0 saturated carbocycles. The lowest BCUT2D eigenvalue weighted by atomic mass is 9.80. The molecular formula is C25H21NO4. The van der Waals surface area contributed by atoms with Gasteiger partial charge < -0.3 is 9.64 Å². The number of nitrogens with zero attached hydrogens (tertiary/aromatic N) is 1. The molecule has 4 rings (SSSR count). The average molecular weight is 399 g/mol. The Morgan fingerprint density at radius 2 is 1.53 bits per heavy atom. The third kappa shape index (κ3) is 2.99. The minimum absolute atomic E-state index is 0.107. The van der Waals surface area contributed by atoms with E-state index in [0.717, 1.165) is 11.1 Å². The molecule has 0 aromatic heterocycles. The van der Waals surface area contributed by atoms with Crippen LogP contribution in [0.3, 0.4) is 0 Å². The van der Waals surface area contributed by atoms with Gasteiger partial charge >= 0.3 is 0 Å². The van der Waals surface area contributed by atoms with Crippen LogP contribution in [0.25, 0.3) is 5.57 Å². The van der Waals surface area contributed by atoms with Crippen molar-refractivity contribution in [2.24, 2.45) is 0 Å². The molecule has 1 spiro atoms. The highest BCUT2D eigenvalue weighted by Crippen LogP contribution is 2.45. The summed E-state index contributed by atoms with van der Waals surface area (Å²) in [5, 5.41) is 0. The van der Waals surface area contributed by atoms with Gasteiger partial charge in [-0.1, -0.05) is 29.8 Å². The largest absolute Gasteiger partial charge is 0.497 e. The first-order chi connectivity index (χ1) is 14.4. The standard InChI is InChI=1S/C25H21NO4/c1-16-4-6-17(7-5-16)22-21(23(28)18-8-10-20(30-3)11-9-18)24(29)26(2)25(22)14-12-19(27)13-15-25/h4-15H,1-3H3. The molecule has 2 aliphatic rings. The SMILES string of the molecule is COc1ccc(C(=O)C2=C(c3ccc(C)cc3)C3(C=CC(=O)C=C3)N(C)C2=O)cc1. The van der Waals surface area contributed by atoms with Crippen LogP contribution in [0.15, 0.2) is 78.4 Å². The van der Waals surface area contributed by atoms with Crippen molar-refractivity contribution in [3.05, 3.63) is 95.1 Å². The highest BCUT2D eigenvalue weighted by molar-refractivity contribution is 6.33. The third-order valence-electron chi connectivity index (χ3n) is 5.65. The van der Waals surface area contributed by atoms with Gasteiger partial charge in [0.15, 0.2) is 11.6 Å². The molecule has 30 heavy (non-hydrogen) atoms. The number of rotatable bonds is 4. The summed E-state index contributed by atoms with van der Waals surface area (Å²) >= 11 is 0. The van der Waals surface area contributed by atoms with Crippen molar-refractivity contribution in [2.75, 3.05) is 14.2 Å². The van der Waals surface area contributed by atoms with Crippen LogP contribution in [0.5, 0.6) is 5.75 Å². The molecular weight excluding hydrogens is 378 g/mol. The summed E-state index contributed by atoms with van der Waals surface area (Å²) in [6.45, 7) is 1.97. The van der Waals surface area contributed by atoms with E-state index in [4.69, 9.17) is 4.74 Å². The van der Waals surface area contributed by atoms with E-state index in [9.17, 15) is 14.4 Å². The van der Waals surface area contributed by atoms with Gasteiger partial charge in [-0.25, -0.2) is 0 Å². The number of carbonyl (C=O) groups excluding carboxylic acids is 3. The molecule has 150 valence electrons. The monoisotopic (exact) mass is 399 g/mol. The second kappa shape index (κ2) is 7.26. The van der Waals surface area contributed by atoms with Gasteiger partial charge in [-0.05, 0) is 61.1 Å². The van der Waals surface area contributed by atoms with E-state index in [1.54, 1.807) is 50.6 Å². The van der Waals surface area contributed by atoms with Crippen LogP contribution in [0.2, 0.25) is 0 Å². The van der Waals surface area contributed by atoms with Gasteiger partial charge in [0.05, 0.1) is 12.7 Å². The third-order valence-corrected chi connectivity index (χ3v) is 5.65. The van der Waals surface area contributed by atoms with Gasteiger partial charge in [0, 0.05) is 18.2 Å². The van der Waals surface area contributed by atoms with Gasteiger partial charge in [-0.2, -0.15) is 0 Å². The van der Waals surface area contributed by atoms with E-state index >= 15 is 0 Å². The maximum atomic E-state index is 13.5. The molecule has 1 heterocycles. The summed E-state index contributed by atoms with van der Waals surface area (Å²) in [5.74, 6) is -0.266. The quantitative estimate of drug-likeness (QED) is 0.583. The van der Waals surface area contributed by atoms with Crippen molar-refractivity contribution in [1.29, 1.82) is 0 Å². The van der Waals surface area contributed by atoms with Gasteiger partial charge in [0.2, 0.25) is 0 Å². The zero-order chi connectivity index (χ0) is 21.5. The van der Waals surface area contributed by atoms with Gasteiger partial charge in [0.25, 0.3) is 5.91 Å². The predicted octanol–water partition coefficient (Wildman–Crippen LogP) is 3.55. The highest BCUT2D eigenvalue weighted by Gasteiger charge is 2.50. The first-order valence-corrected chi connectivity index (χ1v) is 9.58. The molecule has 0 N–H and O–H groups in total. The van der Waals surface area contributed by atoms with Crippen LogP contribution in [0.4, 0.5) is 0 Å². The van der Waals surface area contributed by atoms with Crippen molar-refractivity contribution < 1.29 is 19.1 Å². The molecule has 0 atom stereocenters. The summed E-state index contributed by atoms with van der Waals surface area (Å²) in [6.07, 6.45) is 6.27. The Hall–Kier alpha value is -3.73. The molecule has 5 heteroatoms. The van der Waals surface area contributed by atoms with E-state index in [1.165, 1.54) is 17.1 Å². The normalized spacial score (nSPS) is 17.2. The van der Waals surface area contributed by atoms with E-state index < -0.39 is 5.54 Å². The van der Waals surface area contributed by atoms with E-state index in [2.05, 4.69) is 0 Å². The van der Waals surface area contributed by atoms with Crippen LogP contribution >= 0.6 is 0 Å². The minimum Gasteiger partial charge on any atom is -0.497 e. The van der Waals surface area contributed by atoms with Crippen molar-refractivity contribution in [2.45, 2.75) is 12.5 Å². The van der Waals surface area contributed by atoms with Crippen LogP contribution < -0.4 is 4.74 Å². The Bertz CT molecular complexity index is 1120. The number of aryl methyl sites for hydroxylation is 1. The van der Waals surface area contributed by atoms with Crippen molar-refractivity contribution in [1.82, 2.24) is 4.90 Å². The van der Waals surface area contributed by atoms with E-state index in [-0.39, 0.29) is 23.0 Å². The van der Waals surface area contributed by atoms with E-state index in [0.29, 0.717) is 16.9 Å². The van der Waals surface area contributed by atoms with Gasteiger partial charge in [-0.3, -0.25) is 14.4 Å². The minimum atomic E-state index is -0.988. The first-order valence-electron chi connectivity index (χ1n) is 9.58. The predicted molar refractivity (Wildman–Crippen MR) is 114 cm³/mol. The smallest absolute Gasteiger partial charge is 0.259 e. The van der Waals surface area contributed by atoms with Crippen molar-refractivity contribution in [3.8, 4) is 5.75 Å². The molecule has 0 unspecified atom stereocenters. The number of benzene rings is 2. The fourth-order valence-electron chi connectivity index (χ4n) is 3.92. The second-order valence-electron chi connectivity index (χ2n) is 7.43. The maximum Gasteiger partial charge on any atom is 0.259 e. The van der Waals surface area contributed by atoms with Crippen LogP contribution in [-0.4, -0.2) is 42.1 Å². The Morgan fingerprint density at radius 3 is 2.10 bits per heavy atom. The zero-order valence-corrected chi connectivity index (χ0v) is 17.0. The zero-order valence-electron chi connectivity index (χ0n) is 17.0.